The maximum Gasteiger partial charge on any atom is 0.227 e. The number of hydrogen-bond acceptors (Lipinski definition) is 3. The molecule has 1 heterocycles. The number of benzene rings is 1. The Morgan fingerprint density at radius 2 is 2.13 bits per heavy atom. The molecule has 1 saturated heterocycles. The zero-order chi connectivity index (χ0) is 16.7. The Morgan fingerprint density at radius 3 is 2.78 bits per heavy atom. The summed E-state index contributed by atoms with van der Waals surface area (Å²) in [5, 5.41) is 11.9. The second kappa shape index (κ2) is 8.69. The number of piperidine rings is 1. The number of carbonyl (C=O) groups excluding carboxylic acids is 1. The number of nitrogens with zero attached hydrogens (tertiary/aromatic N) is 2. The monoisotopic (exact) mass is 313 g/mol. The number of carbonyl (C=O) groups is 1. The van der Waals surface area contributed by atoms with Crippen LogP contribution in [-0.2, 0) is 4.79 Å². The molecule has 0 radical (unpaired) electrons. The van der Waals surface area contributed by atoms with Crippen molar-refractivity contribution < 1.29 is 4.79 Å². The predicted molar refractivity (Wildman–Crippen MR) is 93.0 cm³/mol. The van der Waals surface area contributed by atoms with Crippen LogP contribution in [0.2, 0.25) is 0 Å². The van der Waals surface area contributed by atoms with Gasteiger partial charge in [0.15, 0.2) is 0 Å². The van der Waals surface area contributed by atoms with Crippen LogP contribution < -0.4 is 5.32 Å². The van der Waals surface area contributed by atoms with Crippen LogP contribution in [0.5, 0.6) is 0 Å². The number of anilines is 1. The summed E-state index contributed by atoms with van der Waals surface area (Å²) in [7, 11) is 0. The van der Waals surface area contributed by atoms with Gasteiger partial charge in [-0.15, -0.1) is 0 Å². The van der Waals surface area contributed by atoms with Gasteiger partial charge in [-0.05, 0) is 69.4 Å². The summed E-state index contributed by atoms with van der Waals surface area (Å²) in [6.07, 6.45) is 4.36. The Labute approximate surface area is 139 Å². The van der Waals surface area contributed by atoms with Gasteiger partial charge >= 0.3 is 0 Å². The first-order valence-electron chi connectivity index (χ1n) is 8.62. The highest BCUT2D eigenvalue weighted by atomic mass is 16.1. The maximum atomic E-state index is 12.4. The van der Waals surface area contributed by atoms with Gasteiger partial charge in [-0.1, -0.05) is 19.9 Å². The minimum atomic E-state index is 0.0851. The number of nitrogens with one attached hydrogen (secondary N) is 1. The fourth-order valence-corrected chi connectivity index (χ4v) is 3.05. The van der Waals surface area contributed by atoms with E-state index in [1.165, 1.54) is 12.8 Å². The molecule has 0 bridgehead atoms. The zero-order valence-corrected chi connectivity index (χ0v) is 14.2. The molecular formula is C19H27N3O. The van der Waals surface area contributed by atoms with Gasteiger partial charge in [0.05, 0.1) is 11.6 Å². The minimum absolute atomic E-state index is 0.0851. The van der Waals surface area contributed by atoms with Crippen molar-refractivity contribution in [3.05, 3.63) is 29.8 Å². The zero-order valence-electron chi connectivity index (χ0n) is 14.2. The van der Waals surface area contributed by atoms with Crippen LogP contribution in [0, 0.1) is 23.2 Å². The van der Waals surface area contributed by atoms with Crippen molar-refractivity contribution in [2.75, 3.05) is 25.0 Å². The lowest BCUT2D eigenvalue weighted by atomic mass is 9.95. The molecule has 0 spiro atoms. The van der Waals surface area contributed by atoms with Crippen LogP contribution in [0.15, 0.2) is 24.3 Å². The van der Waals surface area contributed by atoms with Crippen molar-refractivity contribution in [2.24, 2.45) is 11.8 Å². The van der Waals surface area contributed by atoms with Crippen LogP contribution in [0.4, 0.5) is 5.69 Å². The normalized spacial score (nSPS) is 16.3. The lowest BCUT2D eigenvalue weighted by Gasteiger charge is -2.31. The third-order valence-electron chi connectivity index (χ3n) is 4.47. The van der Waals surface area contributed by atoms with E-state index in [1.807, 2.05) is 6.07 Å². The van der Waals surface area contributed by atoms with Gasteiger partial charge < -0.3 is 10.2 Å². The van der Waals surface area contributed by atoms with Crippen LogP contribution in [0.3, 0.4) is 0 Å². The smallest absolute Gasteiger partial charge is 0.227 e. The van der Waals surface area contributed by atoms with Gasteiger partial charge in [0.2, 0.25) is 5.91 Å². The fourth-order valence-electron chi connectivity index (χ4n) is 3.05. The average Bonchev–Trinajstić information content (AvgIpc) is 2.55. The number of amides is 1. The van der Waals surface area contributed by atoms with E-state index in [1.54, 1.807) is 18.2 Å². The van der Waals surface area contributed by atoms with Crippen molar-refractivity contribution in [3.63, 3.8) is 0 Å². The fraction of sp³-hybridized carbons (Fsp3) is 0.579. The SMILES string of the molecule is CC(C)CCCN1CCC(C(=O)Nc2cccc(C#N)c2)CC1. The molecule has 4 nitrogen and oxygen atoms in total. The molecule has 0 unspecified atom stereocenters. The number of nitriles is 1. The summed E-state index contributed by atoms with van der Waals surface area (Å²) < 4.78 is 0. The Balaban J connectivity index is 1.76. The second-order valence-electron chi connectivity index (χ2n) is 6.83. The molecule has 4 heteroatoms. The van der Waals surface area contributed by atoms with Crippen LogP contribution in [0.1, 0.15) is 45.1 Å². The molecule has 124 valence electrons. The van der Waals surface area contributed by atoms with Crippen LogP contribution in [0.25, 0.3) is 0 Å². The van der Waals surface area contributed by atoms with E-state index in [-0.39, 0.29) is 11.8 Å². The van der Waals surface area contributed by atoms with Crippen molar-refractivity contribution in [3.8, 4) is 6.07 Å². The van der Waals surface area contributed by atoms with Crippen LogP contribution >= 0.6 is 0 Å². The van der Waals surface area contributed by atoms with Crippen molar-refractivity contribution >= 4 is 11.6 Å². The van der Waals surface area contributed by atoms with Crippen molar-refractivity contribution in [2.45, 2.75) is 39.5 Å². The molecule has 0 aliphatic carbocycles. The Hall–Kier alpha value is -1.86. The van der Waals surface area contributed by atoms with Gasteiger partial charge in [0, 0.05) is 11.6 Å². The summed E-state index contributed by atoms with van der Waals surface area (Å²) in [6, 6.07) is 9.19. The largest absolute Gasteiger partial charge is 0.326 e. The molecule has 1 aliphatic heterocycles. The van der Waals surface area contributed by atoms with E-state index in [2.05, 4.69) is 30.1 Å². The van der Waals surface area contributed by atoms with E-state index in [9.17, 15) is 4.79 Å². The van der Waals surface area contributed by atoms with E-state index in [4.69, 9.17) is 5.26 Å². The highest BCUT2D eigenvalue weighted by Gasteiger charge is 2.24. The molecule has 1 aromatic rings. The lowest BCUT2D eigenvalue weighted by molar-refractivity contribution is -0.121. The third-order valence-corrected chi connectivity index (χ3v) is 4.47. The summed E-state index contributed by atoms with van der Waals surface area (Å²) in [6.45, 7) is 7.69. The molecule has 2 rings (SSSR count). The maximum absolute atomic E-state index is 12.4. The quantitative estimate of drug-likeness (QED) is 0.872. The molecule has 1 aromatic carbocycles. The standard InChI is InChI=1S/C19H27N3O/c1-15(2)5-4-10-22-11-8-17(9-12-22)19(23)21-18-7-3-6-16(13-18)14-20/h3,6-7,13,15,17H,4-5,8-12H2,1-2H3,(H,21,23). The Bertz CT molecular complexity index is 554. The summed E-state index contributed by atoms with van der Waals surface area (Å²) in [5.41, 5.74) is 1.29. The van der Waals surface area contributed by atoms with E-state index in [0.29, 0.717) is 11.3 Å². The molecule has 1 fully saturated rings. The van der Waals surface area contributed by atoms with Crippen molar-refractivity contribution in [1.29, 1.82) is 5.26 Å². The van der Waals surface area contributed by atoms with Gasteiger partial charge in [0.25, 0.3) is 0 Å². The Morgan fingerprint density at radius 1 is 1.39 bits per heavy atom. The average molecular weight is 313 g/mol. The molecule has 23 heavy (non-hydrogen) atoms. The van der Waals surface area contributed by atoms with Gasteiger partial charge in [0.1, 0.15) is 0 Å². The Kier molecular flexibility index (Phi) is 6.61. The lowest BCUT2D eigenvalue weighted by Crippen LogP contribution is -2.38. The van der Waals surface area contributed by atoms with Gasteiger partial charge in [-0.2, -0.15) is 5.26 Å². The van der Waals surface area contributed by atoms with Crippen LogP contribution in [-0.4, -0.2) is 30.4 Å². The molecule has 0 aromatic heterocycles. The number of hydrogen-bond donors (Lipinski definition) is 1. The van der Waals surface area contributed by atoms with E-state index >= 15 is 0 Å². The third kappa shape index (κ3) is 5.69. The summed E-state index contributed by atoms with van der Waals surface area (Å²) in [4.78, 5) is 14.8. The highest BCUT2D eigenvalue weighted by molar-refractivity contribution is 5.92. The van der Waals surface area contributed by atoms with E-state index < -0.39 is 0 Å². The highest BCUT2D eigenvalue weighted by Crippen LogP contribution is 2.20. The summed E-state index contributed by atoms with van der Waals surface area (Å²) >= 11 is 0. The van der Waals surface area contributed by atoms with E-state index in [0.717, 1.165) is 38.4 Å². The second-order valence-corrected chi connectivity index (χ2v) is 6.83. The number of rotatable bonds is 6. The van der Waals surface area contributed by atoms with Gasteiger partial charge in [-0.25, -0.2) is 0 Å². The summed E-state index contributed by atoms with van der Waals surface area (Å²) in [5.74, 6) is 0.937. The predicted octanol–water partition coefficient (Wildman–Crippen LogP) is 3.64. The molecule has 1 N–H and O–H groups in total. The topological polar surface area (TPSA) is 56.1 Å². The first-order chi connectivity index (χ1) is 11.1. The first-order valence-corrected chi connectivity index (χ1v) is 8.62. The molecular weight excluding hydrogens is 286 g/mol. The first kappa shape index (κ1) is 17.5. The molecule has 0 atom stereocenters. The minimum Gasteiger partial charge on any atom is -0.326 e. The molecule has 1 aliphatic rings. The number of likely N-dealkylation sites (tertiary alicyclic amines) is 1. The van der Waals surface area contributed by atoms with Crippen molar-refractivity contribution in [1.82, 2.24) is 4.90 Å². The van der Waals surface area contributed by atoms with Gasteiger partial charge in [-0.3, -0.25) is 4.79 Å². The molecule has 1 amide bonds. The molecule has 0 saturated carbocycles.